The predicted molar refractivity (Wildman–Crippen MR) is 84.0 cm³/mol. The van der Waals surface area contributed by atoms with Crippen LogP contribution in [0.2, 0.25) is 5.02 Å². The van der Waals surface area contributed by atoms with Gasteiger partial charge in [-0.3, -0.25) is 4.79 Å². The summed E-state index contributed by atoms with van der Waals surface area (Å²) in [4.78, 5) is 15.6. The van der Waals surface area contributed by atoms with E-state index >= 15 is 0 Å². The van der Waals surface area contributed by atoms with Crippen molar-refractivity contribution < 1.29 is 4.79 Å². The molecule has 0 radical (unpaired) electrons. The van der Waals surface area contributed by atoms with Crippen LogP contribution in [0.5, 0.6) is 0 Å². The lowest BCUT2D eigenvalue weighted by Crippen LogP contribution is -2.35. The van der Waals surface area contributed by atoms with Gasteiger partial charge in [0, 0.05) is 17.0 Å². The van der Waals surface area contributed by atoms with Crippen LogP contribution in [0.4, 0.5) is 5.69 Å². The van der Waals surface area contributed by atoms with Crippen LogP contribution in [-0.4, -0.2) is 22.3 Å². The summed E-state index contributed by atoms with van der Waals surface area (Å²) in [6.45, 7) is 0. The molecule has 4 nitrogen and oxygen atoms in total. The van der Waals surface area contributed by atoms with Gasteiger partial charge in [0.15, 0.2) is 4.32 Å². The maximum Gasteiger partial charge on any atom is 0.283 e. The molecule has 1 aromatic carbocycles. The number of hydrogen-bond donors (Lipinski definition) is 1. The number of fused-ring (bicyclic) bond motifs is 1. The van der Waals surface area contributed by atoms with Crippen molar-refractivity contribution in [1.29, 1.82) is 0 Å². The summed E-state index contributed by atoms with van der Waals surface area (Å²) in [6.07, 6.45) is 0. The standard InChI is InChI=1S/C11H8ClN3OS3/c1-14-6-4-5(12)2-3-7(6)18-10(14)8-9(16)15(13)11(17)19-8/h2-4H,13H2,1H3/b10-8+. The van der Waals surface area contributed by atoms with Crippen molar-refractivity contribution >= 4 is 63.3 Å². The highest BCUT2D eigenvalue weighted by Crippen LogP contribution is 2.50. The number of hydrogen-bond acceptors (Lipinski definition) is 6. The lowest BCUT2D eigenvalue weighted by Gasteiger charge is -2.14. The van der Waals surface area contributed by atoms with Gasteiger partial charge >= 0.3 is 0 Å². The molecule has 2 N–H and O–H groups in total. The fourth-order valence-electron chi connectivity index (χ4n) is 1.83. The Balaban J connectivity index is 2.07. The van der Waals surface area contributed by atoms with Gasteiger partial charge in [0.1, 0.15) is 4.91 Å². The molecule has 98 valence electrons. The average Bonchev–Trinajstić information content (AvgIpc) is 2.83. The smallest absolute Gasteiger partial charge is 0.283 e. The summed E-state index contributed by atoms with van der Waals surface area (Å²) in [5.74, 6) is 5.33. The molecule has 1 amide bonds. The third-order valence-corrected chi connectivity index (χ3v) is 5.78. The first-order valence-electron chi connectivity index (χ1n) is 5.25. The normalized spacial score (nSPS) is 22.5. The predicted octanol–water partition coefficient (Wildman–Crippen LogP) is 2.79. The lowest BCUT2D eigenvalue weighted by atomic mass is 10.3. The summed E-state index contributed by atoms with van der Waals surface area (Å²) in [6, 6.07) is 5.65. The largest absolute Gasteiger partial charge is 0.337 e. The fraction of sp³-hybridized carbons (Fsp3) is 0.0909. The van der Waals surface area contributed by atoms with Gasteiger partial charge in [-0.25, -0.2) is 10.9 Å². The second-order valence-electron chi connectivity index (χ2n) is 3.95. The Hall–Kier alpha value is -0.730. The zero-order valence-corrected chi connectivity index (χ0v) is 12.9. The number of thioether (sulfide) groups is 2. The molecule has 0 bridgehead atoms. The summed E-state index contributed by atoms with van der Waals surface area (Å²) in [5.41, 5.74) is 0.981. The molecule has 0 unspecified atom stereocenters. The van der Waals surface area contributed by atoms with E-state index in [4.69, 9.17) is 29.7 Å². The number of carbonyl (C=O) groups is 1. The van der Waals surface area contributed by atoms with E-state index in [2.05, 4.69) is 0 Å². The van der Waals surface area contributed by atoms with Crippen LogP contribution in [-0.2, 0) is 4.79 Å². The lowest BCUT2D eigenvalue weighted by molar-refractivity contribution is -0.122. The molecule has 0 aliphatic carbocycles. The molecule has 0 spiro atoms. The number of rotatable bonds is 0. The van der Waals surface area contributed by atoms with Gasteiger partial charge in [0.2, 0.25) is 0 Å². The minimum Gasteiger partial charge on any atom is -0.337 e. The molecule has 8 heteroatoms. The van der Waals surface area contributed by atoms with E-state index in [0.29, 0.717) is 14.2 Å². The minimum absolute atomic E-state index is 0.261. The van der Waals surface area contributed by atoms with E-state index in [1.165, 1.54) is 23.5 Å². The third kappa shape index (κ3) is 2.05. The molecular formula is C11H8ClN3OS3. The van der Waals surface area contributed by atoms with Crippen LogP contribution in [0.1, 0.15) is 0 Å². The summed E-state index contributed by atoms with van der Waals surface area (Å²) >= 11 is 13.8. The average molecular weight is 330 g/mol. The highest BCUT2D eigenvalue weighted by Gasteiger charge is 2.36. The first-order valence-corrected chi connectivity index (χ1v) is 7.67. The van der Waals surface area contributed by atoms with Crippen molar-refractivity contribution in [3.05, 3.63) is 33.2 Å². The third-order valence-electron chi connectivity index (χ3n) is 2.79. The Labute approximate surface area is 128 Å². The fourth-order valence-corrected chi connectivity index (χ4v) is 4.40. The van der Waals surface area contributed by atoms with Crippen molar-refractivity contribution in [2.45, 2.75) is 4.90 Å². The van der Waals surface area contributed by atoms with E-state index in [-0.39, 0.29) is 5.91 Å². The second-order valence-corrected chi connectivity index (χ2v) is 7.06. The molecular weight excluding hydrogens is 322 g/mol. The quantitative estimate of drug-likeness (QED) is 0.342. The highest BCUT2D eigenvalue weighted by atomic mass is 35.5. The molecule has 0 saturated carbocycles. The number of nitrogens with zero attached hydrogens (tertiary/aromatic N) is 2. The van der Waals surface area contributed by atoms with Crippen molar-refractivity contribution in [1.82, 2.24) is 5.01 Å². The molecule has 2 heterocycles. The van der Waals surface area contributed by atoms with Gasteiger partial charge in [0.05, 0.1) is 10.7 Å². The Bertz CT molecular complexity index is 646. The molecule has 1 aromatic rings. The topological polar surface area (TPSA) is 49.6 Å². The van der Waals surface area contributed by atoms with Crippen LogP contribution in [0.15, 0.2) is 33.0 Å². The Morgan fingerprint density at radius 1 is 1.37 bits per heavy atom. The molecule has 1 saturated heterocycles. The maximum atomic E-state index is 12.0. The first kappa shape index (κ1) is 13.3. The summed E-state index contributed by atoms with van der Waals surface area (Å²) < 4.78 is 0.371. The van der Waals surface area contributed by atoms with Gasteiger partial charge in [-0.2, -0.15) is 0 Å². The van der Waals surface area contributed by atoms with Crippen molar-refractivity contribution in [2.24, 2.45) is 5.84 Å². The van der Waals surface area contributed by atoms with Gasteiger partial charge < -0.3 is 4.90 Å². The van der Waals surface area contributed by atoms with E-state index in [9.17, 15) is 4.79 Å². The Morgan fingerprint density at radius 2 is 2.11 bits per heavy atom. The van der Waals surface area contributed by atoms with E-state index < -0.39 is 0 Å². The van der Waals surface area contributed by atoms with Crippen LogP contribution >= 0.6 is 47.3 Å². The number of benzene rings is 1. The van der Waals surface area contributed by atoms with Gasteiger partial charge in [0.25, 0.3) is 5.91 Å². The number of amides is 1. The minimum atomic E-state index is -0.261. The zero-order chi connectivity index (χ0) is 13.7. The van der Waals surface area contributed by atoms with Crippen LogP contribution in [0.3, 0.4) is 0 Å². The molecule has 2 aliphatic rings. The Kier molecular flexibility index (Phi) is 3.26. The molecule has 19 heavy (non-hydrogen) atoms. The number of nitrogens with two attached hydrogens (primary N) is 1. The van der Waals surface area contributed by atoms with Crippen molar-refractivity contribution in [3.63, 3.8) is 0 Å². The number of hydrazine groups is 1. The summed E-state index contributed by atoms with van der Waals surface area (Å²) in [7, 11) is 1.90. The van der Waals surface area contributed by atoms with E-state index in [1.807, 2.05) is 30.1 Å². The molecule has 1 fully saturated rings. The maximum absolute atomic E-state index is 12.0. The van der Waals surface area contributed by atoms with Crippen LogP contribution < -0.4 is 10.7 Å². The van der Waals surface area contributed by atoms with E-state index in [1.54, 1.807) is 0 Å². The Morgan fingerprint density at radius 3 is 2.74 bits per heavy atom. The second kappa shape index (κ2) is 4.68. The SMILES string of the molecule is CN1/C(=C2\SC(=S)N(N)C2=O)Sc2ccc(Cl)cc21. The monoisotopic (exact) mass is 329 g/mol. The van der Waals surface area contributed by atoms with Crippen LogP contribution in [0.25, 0.3) is 0 Å². The first-order chi connectivity index (χ1) is 8.99. The van der Waals surface area contributed by atoms with Crippen molar-refractivity contribution in [3.8, 4) is 0 Å². The van der Waals surface area contributed by atoms with Gasteiger partial charge in [-0.15, -0.1) is 0 Å². The number of anilines is 1. The molecule has 3 rings (SSSR count). The van der Waals surface area contributed by atoms with Crippen molar-refractivity contribution in [2.75, 3.05) is 11.9 Å². The zero-order valence-electron chi connectivity index (χ0n) is 9.71. The van der Waals surface area contributed by atoms with Crippen LogP contribution in [0, 0.1) is 0 Å². The molecule has 0 atom stereocenters. The highest BCUT2D eigenvalue weighted by molar-refractivity contribution is 8.27. The van der Waals surface area contributed by atoms with Gasteiger partial charge in [-0.1, -0.05) is 47.3 Å². The number of carbonyl (C=O) groups excluding carboxylic acids is 1. The molecule has 0 aromatic heterocycles. The molecule has 2 aliphatic heterocycles. The van der Waals surface area contributed by atoms with E-state index in [0.717, 1.165) is 20.6 Å². The number of halogens is 1. The summed E-state index contributed by atoms with van der Waals surface area (Å²) in [5, 5.41) is 2.51. The number of thiocarbonyl (C=S) groups is 1. The van der Waals surface area contributed by atoms with Gasteiger partial charge in [-0.05, 0) is 18.2 Å².